The van der Waals surface area contributed by atoms with Gasteiger partial charge in [0.15, 0.2) is 5.65 Å². The molecule has 0 unspecified atom stereocenters. The first kappa shape index (κ1) is 17.5. The van der Waals surface area contributed by atoms with Crippen LogP contribution in [0.2, 0.25) is 18.1 Å². The van der Waals surface area contributed by atoms with Gasteiger partial charge in [0.2, 0.25) is 8.32 Å². The second-order valence-corrected chi connectivity index (χ2v) is 12.6. The summed E-state index contributed by atoms with van der Waals surface area (Å²) in [5.74, 6) is 0.929. The lowest BCUT2D eigenvalue weighted by Gasteiger charge is -2.36. The quantitative estimate of drug-likeness (QED) is 0.663. The van der Waals surface area contributed by atoms with Crippen molar-refractivity contribution in [1.29, 1.82) is 0 Å². The predicted octanol–water partition coefficient (Wildman–Crippen LogP) is 5.10. The van der Waals surface area contributed by atoms with Crippen LogP contribution in [0.1, 0.15) is 20.8 Å². The molecule has 0 fully saturated rings. The average Bonchev–Trinajstić information content (AvgIpc) is 2.89. The van der Waals surface area contributed by atoms with Crippen molar-refractivity contribution in [3.05, 3.63) is 42.7 Å². The number of nitrogens with one attached hydrogen (secondary N) is 1. The van der Waals surface area contributed by atoms with Gasteiger partial charge in [-0.2, -0.15) is 5.10 Å². The zero-order valence-corrected chi connectivity index (χ0v) is 16.8. The maximum atomic E-state index is 6.32. The number of benzene rings is 1. The van der Waals surface area contributed by atoms with Crippen molar-refractivity contribution in [2.75, 3.05) is 5.32 Å². The second kappa shape index (κ2) is 6.18. The van der Waals surface area contributed by atoms with Gasteiger partial charge in [0, 0.05) is 18.1 Å². The molecule has 2 aromatic heterocycles. The van der Waals surface area contributed by atoms with Crippen LogP contribution in [0.3, 0.4) is 0 Å². The van der Waals surface area contributed by atoms with Gasteiger partial charge < -0.3 is 9.74 Å². The summed E-state index contributed by atoms with van der Waals surface area (Å²) >= 11 is 0. The highest BCUT2D eigenvalue weighted by Gasteiger charge is 2.38. The first-order valence-electron chi connectivity index (χ1n) is 8.50. The summed E-state index contributed by atoms with van der Waals surface area (Å²) in [6, 6.07) is 10.2. The molecule has 25 heavy (non-hydrogen) atoms. The topological polar surface area (TPSA) is 52.0 Å². The van der Waals surface area contributed by atoms with Crippen LogP contribution in [0.4, 0.5) is 11.4 Å². The first-order chi connectivity index (χ1) is 11.7. The summed E-state index contributed by atoms with van der Waals surface area (Å²) in [6.45, 7) is 11.3. The summed E-state index contributed by atoms with van der Waals surface area (Å²) in [4.78, 5) is 4.45. The molecule has 3 rings (SSSR count). The third-order valence-electron chi connectivity index (χ3n) is 4.89. The highest BCUT2D eigenvalue weighted by atomic mass is 28.4. The molecule has 132 valence electrons. The van der Waals surface area contributed by atoms with Crippen LogP contribution < -0.4 is 9.74 Å². The van der Waals surface area contributed by atoms with Gasteiger partial charge in [0.05, 0.1) is 18.1 Å². The molecule has 0 aliphatic carbocycles. The molecule has 0 amide bonds. The monoisotopic (exact) mass is 354 g/mol. The molecular formula is C19H26N4OSi. The number of aromatic nitrogens is 3. The number of hydrogen-bond acceptors (Lipinski definition) is 4. The van der Waals surface area contributed by atoms with E-state index in [-0.39, 0.29) is 5.04 Å². The number of nitrogens with zero attached hydrogens (tertiary/aromatic N) is 3. The molecule has 5 nitrogen and oxygen atoms in total. The Morgan fingerprint density at radius 1 is 1.04 bits per heavy atom. The van der Waals surface area contributed by atoms with Gasteiger partial charge in [0.1, 0.15) is 5.75 Å². The summed E-state index contributed by atoms with van der Waals surface area (Å²) in [6.07, 6.45) is 3.65. The molecule has 1 aromatic carbocycles. The molecule has 0 aliphatic rings. The fourth-order valence-corrected chi connectivity index (χ4v) is 3.36. The van der Waals surface area contributed by atoms with Gasteiger partial charge in [-0.25, -0.2) is 4.98 Å². The van der Waals surface area contributed by atoms with E-state index in [4.69, 9.17) is 4.43 Å². The van der Waals surface area contributed by atoms with Crippen LogP contribution in [-0.2, 0) is 7.05 Å². The molecule has 6 heteroatoms. The molecule has 3 aromatic rings. The van der Waals surface area contributed by atoms with Gasteiger partial charge in [-0.15, -0.1) is 0 Å². The Balaban J connectivity index is 1.73. The van der Waals surface area contributed by atoms with Crippen molar-refractivity contribution in [3.63, 3.8) is 0 Å². The van der Waals surface area contributed by atoms with Crippen molar-refractivity contribution in [1.82, 2.24) is 14.8 Å². The Morgan fingerprint density at radius 3 is 2.36 bits per heavy atom. The van der Waals surface area contributed by atoms with E-state index >= 15 is 0 Å². The van der Waals surface area contributed by atoms with Crippen LogP contribution in [-0.4, -0.2) is 23.1 Å². The molecule has 0 spiro atoms. The van der Waals surface area contributed by atoms with Gasteiger partial charge in [-0.1, -0.05) is 20.8 Å². The standard InChI is InChI=1S/C19H26N4OSi/c1-19(2,3)25(5,6)24-17-9-7-15(8-10-17)22-16-11-14-12-21-23(4)18(14)20-13-16/h7-13,22H,1-6H3. The van der Waals surface area contributed by atoms with Crippen molar-refractivity contribution in [2.24, 2.45) is 7.05 Å². The van der Waals surface area contributed by atoms with Gasteiger partial charge in [-0.3, -0.25) is 4.68 Å². The minimum atomic E-state index is -1.81. The van der Waals surface area contributed by atoms with Crippen LogP contribution in [0.25, 0.3) is 11.0 Å². The number of aryl methyl sites for hydroxylation is 1. The lowest BCUT2D eigenvalue weighted by molar-refractivity contribution is 0.492. The molecular weight excluding hydrogens is 328 g/mol. The number of pyridine rings is 1. The molecule has 0 aliphatic heterocycles. The predicted molar refractivity (Wildman–Crippen MR) is 106 cm³/mol. The Kier molecular flexibility index (Phi) is 4.32. The van der Waals surface area contributed by atoms with E-state index < -0.39 is 8.32 Å². The lowest BCUT2D eigenvalue weighted by atomic mass is 10.2. The molecule has 1 N–H and O–H groups in total. The third kappa shape index (κ3) is 3.68. The molecule has 0 bridgehead atoms. The fraction of sp³-hybridized carbons (Fsp3) is 0.368. The average molecular weight is 355 g/mol. The Bertz CT molecular complexity index is 879. The van der Waals surface area contributed by atoms with Crippen molar-refractivity contribution < 1.29 is 4.43 Å². The summed E-state index contributed by atoms with van der Waals surface area (Å²) < 4.78 is 8.09. The van der Waals surface area contributed by atoms with E-state index in [9.17, 15) is 0 Å². The smallest absolute Gasteiger partial charge is 0.250 e. The van der Waals surface area contributed by atoms with Crippen LogP contribution in [0.15, 0.2) is 42.7 Å². The Morgan fingerprint density at radius 2 is 1.72 bits per heavy atom. The fourth-order valence-electron chi connectivity index (χ4n) is 2.33. The minimum Gasteiger partial charge on any atom is -0.544 e. The number of hydrogen-bond donors (Lipinski definition) is 1. The summed E-state index contributed by atoms with van der Waals surface area (Å²) in [5, 5.41) is 8.81. The van der Waals surface area contributed by atoms with E-state index in [1.165, 1.54) is 0 Å². The third-order valence-corrected chi connectivity index (χ3v) is 9.25. The zero-order chi connectivity index (χ0) is 18.2. The van der Waals surface area contributed by atoms with Gasteiger partial charge >= 0.3 is 0 Å². The highest BCUT2D eigenvalue weighted by molar-refractivity contribution is 6.74. The molecule has 0 atom stereocenters. The normalized spacial score (nSPS) is 12.4. The number of fused-ring (bicyclic) bond motifs is 1. The van der Waals surface area contributed by atoms with Gasteiger partial charge in [0.25, 0.3) is 0 Å². The van der Waals surface area contributed by atoms with E-state index in [0.29, 0.717) is 0 Å². The summed E-state index contributed by atoms with van der Waals surface area (Å²) in [7, 11) is 0.0873. The number of anilines is 2. The van der Waals surface area contributed by atoms with E-state index in [1.54, 1.807) is 4.68 Å². The largest absolute Gasteiger partial charge is 0.544 e. The molecule has 2 heterocycles. The van der Waals surface area contributed by atoms with Gasteiger partial charge in [-0.05, 0) is 48.5 Å². The molecule has 0 saturated carbocycles. The Labute approximate surface area is 150 Å². The maximum absolute atomic E-state index is 6.32. The molecule has 0 saturated heterocycles. The summed E-state index contributed by atoms with van der Waals surface area (Å²) in [5.41, 5.74) is 2.83. The first-order valence-corrected chi connectivity index (χ1v) is 11.4. The minimum absolute atomic E-state index is 0.189. The van der Waals surface area contributed by atoms with E-state index in [2.05, 4.69) is 55.3 Å². The van der Waals surface area contributed by atoms with E-state index in [0.717, 1.165) is 28.2 Å². The lowest BCUT2D eigenvalue weighted by Crippen LogP contribution is -2.43. The molecule has 0 radical (unpaired) electrons. The van der Waals surface area contributed by atoms with Crippen molar-refractivity contribution >= 4 is 30.7 Å². The Hall–Kier alpha value is -2.34. The van der Waals surface area contributed by atoms with Crippen molar-refractivity contribution in [2.45, 2.75) is 38.9 Å². The van der Waals surface area contributed by atoms with Crippen molar-refractivity contribution in [3.8, 4) is 5.75 Å². The second-order valence-electron chi connectivity index (χ2n) is 7.92. The maximum Gasteiger partial charge on any atom is 0.250 e. The van der Waals surface area contributed by atoms with E-state index in [1.807, 2.05) is 43.7 Å². The SMILES string of the molecule is Cn1ncc2cc(Nc3ccc(O[Si](C)(C)C(C)(C)C)cc3)cnc21. The van der Waals surface area contributed by atoms with Crippen LogP contribution >= 0.6 is 0 Å². The van der Waals surface area contributed by atoms with Crippen LogP contribution in [0, 0.1) is 0 Å². The zero-order valence-electron chi connectivity index (χ0n) is 15.8. The van der Waals surface area contributed by atoms with Crippen LogP contribution in [0.5, 0.6) is 5.75 Å². The highest BCUT2D eigenvalue weighted by Crippen LogP contribution is 2.37. The number of rotatable bonds is 4.